The third kappa shape index (κ3) is 5.83. The molecule has 0 fully saturated rings. The van der Waals surface area contributed by atoms with Gasteiger partial charge in [-0.05, 0) is 49.1 Å². The SMILES string of the molecule is Cc1ccccc1C(=O)Nc1nnc(S(=O)(=O)NCCCc2ccc(Cl)cc2)s1. The molecule has 0 atom stereocenters. The predicted molar refractivity (Wildman–Crippen MR) is 114 cm³/mol. The van der Waals surface area contributed by atoms with Gasteiger partial charge in [0.25, 0.3) is 15.9 Å². The van der Waals surface area contributed by atoms with Crippen molar-refractivity contribution in [1.29, 1.82) is 0 Å². The highest BCUT2D eigenvalue weighted by Gasteiger charge is 2.21. The highest BCUT2D eigenvalue weighted by atomic mass is 35.5. The lowest BCUT2D eigenvalue weighted by Crippen LogP contribution is -2.25. The van der Waals surface area contributed by atoms with Crippen molar-refractivity contribution in [3.05, 3.63) is 70.2 Å². The Morgan fingerprint density at radius 3 is 2.55 bits per heavy atom. The summed E-state index contributed by atoms with van der Waals surface area (Å²) in [6.07, 6.45) is 1.34. The molecule has 0 saturated heterocycles. The van der Waals surface area contributed by atoms with E-state index in [1.807, 2.05) is 31.2 Å². The monoisotopic (exact) mass is 450 g/mol. The van der Waals surface area contributed by atoms with Crippen molar-refractivity contribution in [1.82, 2.24) is 14.9 Å². The molecule has 0 bridgehead atoms. The van der Waals surface area contributed by atoms with Gasteiger partial charge in [-0.15, -0.1) is 10.2 Å². The maximum absolute atomic E-state index is 12.4. The fourth-order valence-electron chi connectivity index (χ4n) is 2.57. The molecule has 7 nitrogen and oxygen atoms in total. The zero-order chi connectivity index (χ0) is 20.9. The van der Waals surface area contributed by atoms with Gasteiger partial charge in [-0.1, -0.05) is 53.3 Å². The van der Waals surface area contributed by atoms with E-state index >= 15 is 0 Å². The summed E-state index contributed by atoms with van der Waals surface area (Å²) in [4.78, 5) is 12.3. The number of carbonyl (C=O) groups excluding carboxylic acids is 1. The first-order valence-electron chi connectivity index (χ1n) is 8.80. The van der Waals surface area contributed by atoms with E-state index in [2.05, 4.69) is 20.2 Å². The van der Waals surface area contributed by atoms with Crippen molar-refractivity contribution in [3.8, 4) is 0 Å². The minimum Gasteiger partial charge on any atom is -0.296 e. The number of nitrogens with zero attached hydrogens (tertiary/aromatic N) is 2. The quantitative estimate of drug-likeness (QED) is 0.403. The Hall–Kier alpha value is -2.33. The van der Waals surface area contributed by atoms with E-state index < -0.39 is 10.0 Å². The van der Waals surface area contributed by atoms with Crippen LogP contribution in [0.25, 0.3) is 0 Å². The Morgan fingerprint density at radius 2 is 1.83 bits per heavy atom. The van der Waals surface area contributed by atoms with Crippen LogP contribution in [0.3, 0.4) is 0 Å². The molecule has 1 aromatic heterocycles. The van der Waals surface area contributed by atoms with E-state index in [1.165, 1.54) is 0 Å². The molecule has 0 aliphatic rings. The van der Waals surface area contributed by atoms with Crippen LogP contribution in [0.5, 0.6) is 0 Å². The van der Waals surface area contributed by atoms with Gasteiger partial charge >= 0.3 is 0 Å². The number of anilines is 1. The van der Waals surface area contributed by atoms with Gasteiger partial charge in [0, 0.05) is 17.1 Å². The van der Waals surface area contributed by atoms with Crippen LogP contribution in [-0.2, 0) is 16.4 Å². The van der Waals surface area contributed by atoms with E-state index in [0.717, 1.165) is 22.5 Å². The second-order valence-corrected chi connectivity index (χ2v) is 9.62. The highest BCUT2D eigenvalue weighted by Crippen LogP contribution is 2.21. The van der Waals surface area contributed by atoms with E-state index in [4.69, 9.17) is 11.6 Å². The maximum Gasteiger partial charge on any atom is 0.269 e. The Balaban J connectivity index is 1.55. The second-order valence-electron chi connectivity index (χ2n) is 6.27. The molecule has 3 rings (SSSR count). The summed E-state index contributed by atoms with van der Waals surface area (Å²) in [7, 11) is -3.79. The average molecular weight is 451 g/mol. The molecule has 0 saturated carbocycles. The molecule has 29 heavy (non-hydrogen) atoms. The van der Waals surface area contributed by atoms with Crippen molar-refractivity contribution in [2.24, 2.45) is 0 Å². The Bertz CT molecular complexity index is 1100. The lowest BCUT2D eigenvalue weighted by Gasteiger charge is -2.04. The molecular formula is C19H19ClN4O3S2. The van der Waals surface area contributed by atoms with Crippen molar-refractivity contribution in [2.45, 2.75) is 24.1 Å². The van der Waals surface area contributed by atoms with Gasteiger partial charge in [-0.3, -0.25) is 10.1 Å². The van der Waals surface area contributed by atoms with Crippen LogP contribution in [0.4, 0.5) is 5.13 Å². The minimum atomic E-state index is -3.79. The molecule has 10 heteroatoms. The molecule has 0 radical (unpaired) electrons. The largest absolute Gasteiger partial charge is 0.296 e. The molecular weight excluding hydrogens is 432 g/mol. The van der Waals surface area contributed by atoms with E-state index in [0.29, 0.717) is 23.4 Å². The van der Waals surface area contributed by atoms with E-state index in [-0.39, 0.29) is 21.9 Å². The summed E-state index contributed by atoms with van der Waals surface area (Å²) in [6.45, 7) is 2.08. The van der Waals surface area contributed by atoms with Gasteiger partial charge in [-0.25, -0.2) is 13.1 Å². The molecule has 3 aromatic rings. The molecule has 0 aliphatic carbocycles. The van der Waals surface area contributed by atoms with E-state index in [1.54, 1.807) is 24.3 Å². The topological polar surface area (TPSA) is 101 Å². The third-order valence-corrected chi connectivity index (χ3v) is 7.01. The molecule has 152 valence electrons. The van der Waals surface area contributed by atoms with E-state index in [9.17, 15) is 13.2 Å². The summed E-state index contributed by atoms with van der Waals surface area (Å²) in [5.41, 5.74) is 2.38. The molecule has 2 aromatic carbocycles. The number of sulfonamides is 1. The Kier molecular flexibility index (Phi) is 6.96. The minimum absolute atomic E-state index is 0.125. The van der Waals surface area contributed by atoms with Gasteiger partial charge in [0.05, 0.1) is 0 Å². The Labute approximate surface area is 178 Å². The first kappa shape index (κ1) is 21.4. The molecule has 1 amide bonds. The Morgan fingerprint density at radius 1 is 1.10 bits per heavy atom. The summed E-state index contributed by atoms with van der Waals surface area (Å²) >= 11 is 6.65. The van der Waals surface area contributed by atoms with Crippen LogP contribution in [0.1, 0.15) is 27.9 Å². The first-order chi connectivity index (χ1) is 13.8. The molecule has 2 N–H and O–H groups in total. The van der Waals surface area contributed by atoms with Crippen LogP contribution in [0.2, 0.25) is 5.02 Å². The summed E-state index contributed by atoms with van der Waals surface area (Å²) < 4.78 is 27.1. The summed E-state index contributed by atoms with van der Waals surface area (Å²) in [6, 6.07) is 14.5. The normalized spacial score (nSPS) is 11.4. The number of aromatic nitrogens is 2. The lowest BCUT2D eigenvalue weighted by molar-refractivity contribution is 0.102. The number of halogens is 1. The van der Waals surface area contributed by atoms with Crippen molar-refractivity contribution in [2.75, 3.05) is 11.9 Å². The number of aryl methyl sites for hydroxylation is 2. The third-order valence-electron chi connectivity index (χ3n) is 4.09. The first-order valence-corrected chi connectivity index (χ1v) is 11.5. The molecule has 0 spiro atoms. The van der Waals surface area contributed by atoms with Crippen LogP contribution < -0.4 is 10.0 Å². The number of hydrogen-bond acceptors (Lipinski definition) is 6. The summed E-state index contributed by atoms with van der Waals surface area (Å²) in [5, 5.41) is 10.8. The second kappa shape index (κ2) is 9.45. The van der Waals surface area contributed by atoms with Crippen molar-refractivity contribution in [3.63, 3.8) is 0 Å². The number of rotatable bonds is 8. The van der Waals surface area contributed by atoms with Gasteiger partial charge in [0.1, 0.15) is 0 Å². The van der Waals surface area contributed by atoms with Crippen LogP contribution in [0.15, 0.2) is 52.9 Å². The van der Waals surface area contributed by atoms with Crippen LogP contribution >= 0.6 is 22.9 Å². The van der Waals surface area contributed by atoms with Gasteiger partial charge in [-0.2, -0.15) is 0 Å². The maximum atomic E-state index is 12.4. The zero-order valence-electron chi connectivity index (χ0n) is 15.6. The number of benzene rings is 2. The predicted octanol–water partition coefficient (Wildman–Crippen LogP) is 3.66. The number of carbonyl (C=O) groups is 1. The number of hydrogen-bond donors (Lipinski definition) is 2. The fraction of sp³-hybridized carbons (Fsp3) is 0.211. The fourth-order valence-corrected chi connectivity index (χ4v) is 4.71. The van der Waals surface area contributed by atoms with Crippen LogP contribution in [0, 0.1) is 6.92 Å². The van der Waals surface area contributed by atoms with Crippen LogP contribution in [-0.4, -0.2) is 31.1 Å². The molecule has 0 unspecified atom stereocenters. The summed E-state index contributed by atoms with van der Waals surface area (Å²) in [5.74, 6) is -0.362. The smallest absolute Gasteiger partial charge is 0.269 e. The van der Waals surface area contributed by atoms with Gasteiger partial charge < -0.3 is 0 Å². The molecule has 1 heterocycles. The van der Waals surface area contributed by atoms with Gasteiger partial charge in [0.15, 0.2) is 0 Å². The van der Waals surface area contributed by atoms with Crippen molar-refractivity contribution >= 4 is 44.0 Å². The number of nitrogens with one attached hydrogen (secondary N) is 2. The number of amides is 1. The highest BCUT2D eigenvalue weighted by molar-refractivity contribution is 7.91. The average Bonchev–Trinajstić information content (AvgIpc) is 3.16. The standard InChI is InChI=1S/C19H19ClN4O3S2/c1-13-5-2-3-7-16(13)17(25)22-18-23-24-19(28-18)29(26,27)21-12-4-6-14-8-10-15(20)11-9-14/h2-3,5,7-11,21H,4,6,12H2,1H3,(H,22,23,25). The lowest BCUT2D eigenvalue weighted by atomic mass is 10.1. The van der Waals surface area contributed by atoms with Crippen molar-refractivity contribution < 1.29 is 13.2 Å². The van der Waals surface area contributed by atoms with Gasteiger partial charge in [0.2, 0.25) is 9.47 Å². The molecule has 0 aliphatic heterocycles. The zero-order valence-corrected chi connectivity index (χ0v) is 17.9.